The van der Waals surface area contributed by atoms with Crippen LogP contribution in [-0.4, -0.2) is 24.3 Å². The van der Waals surface area contributed by atoms with Gasteiger partial charge < -0.3 is 14.6 Å². The number of ether oxygens (including phenoxy) is 2. The van der Waals surface area contributed by atoms with Gasteiger partial charge in [-0.3, -0.25) is 0 Å². The first kappa shape index (κ1) is 13.1. The maximum absolute atomic E-state index is 11.1. The van der Waals surface area contributed by atoms with E-state index in [1.165, 1.54) is 0 Å². The molecule has 17 heavy (non-hydrogen) atoms. The van der Waals surface area contributed by atoms with E-state index in [1.54, 1.807) is 12.2 Å². The van der Waals surface area contributed by atoms with Gasteiger partial charge in [-0.25, -0.2) is 4.79 Å². The van der Waals surface area contributed by atoms with Crippen molar-refractivity contribution in [1.82, 2.24) is 0 Å². The summed E-state index contributed by atoms with van der Waals surface area (Å²) < 4.78 is 10.8. The van der Waals surface area contributed by atoms with Crippen molar-refractivity contribution in [1.29, 1.82) is 0 Å². The van der Waals surface area contributed by atoms with E-state index in [0.717, 1.165) is 0 Å². The van der Waals surface area contributed by atoms with Crippen molar-refractivity contribution in [3.05, 3.63) is 48.5 Å². The fraction of sp³-hybridized carbons (Fsp3) is 0.308. The van der Waals surface area contributed by atoms with Crippen molar-refractivity contribution in [3.8, 4) is 0 Å². The molecular formula is C13H16O4. The van der Waals surface area contributed by atoms with Crippen LogP contribution in [0.2, 0.25) is 0 Å². The lowest BCUT2D eigenvalue weighted by molar-refractivity contribution is -0.133. The lowest BCUT2D eigenvalue weighted by Crippen LogP contribution is -2.14. The van der Waals surface area contributed by atoms with E-state index in [4.69, 9.17) is 14.6 Å². The molecule has 0 aromatic rings. The predicted molar refractivity (Wildman–Crippen MR) is 64.3 cm³/mol. The molecule has 0 aliphatic heterocycles. The van der Waals surface area contributed by atoms with Gasteiger partial charge in [0.2, 0.25) is 0 Å². The van der Waals surface area contributed by atoms with Gasteiger partial charge in [-0.05, 0) is 18.9 Å². The molecule has 0 saturated carbocycles. The second kappa shape index (κ2) is 6.58. The Labute approximate surface area is 101 Å². The Morgan fingerprint density at radius 1 is 1.35 bits per heavy atom. The van der Waals surface area contributed by atoms with E-state index >= 15 is 0 Å². The molecule has 0 unspecified atom stereocenters. The van der Waals surface area contributed by atoms with E-state index in [1.807, 2.05) is 6.08 Å². The monoisotopic (exact) mass is 236 g/mol. The Bertz CT molecular complexity index is 377. The lowest BCUT2D eigenvalue weighted by Gasteiger charge is -2.19. The van der Waals surface area contributed by atoms with Gasteiger partial charge in [0.15, 0.2) is 11.5 Å². The highest BCUT2D eigenvalue weighted by Crippen LogP contribution is 2.27. The van der Waals surface area contributed by atoms with Crippen LogP contribution >= 0.6 is 0 Å². The zero-order valence-electron chi connectivity index (χ0n) is 9.65. The second-order valence-corrected chi connectivity index (χ2v) is 3.42. The number of aliphatic carboxylic acids is 1. The number of carboxylic acids is 1. The maximum Gasteiger partial charge on any atom is 0.335 e. The van der Waals surface area contributed by atoms with Crippen LogP contribution in [-0.2, 0) is 14.3 Å². The van der Waals surface area contributed by atoms with Crippen molar-refractivity contribution in [2.75, 3.05) is 13.2 Å². The number of carbonyl (C=O) groups is 1. The van der Waals surface area contributed by atoms with Crippen LogP contribution in [0.15, 0.2) is 48.5 Å². The largest absolute Gasteiger partial charge is 0.486 e. The molecule has 0 atom stereocenters. The fourth-order valence-electron chi connectivity index (χ4n) is 1.48. The average molecular weight is 236 g/mol. The van der Waals surface area contributed by atoms with E-state index < -0.39 is 5.97 Å². The molecule has 0 aromatic carbocycles. The first-order valence-corrected chi connectivity index (χ1v) is 5.35. The molecule has 4 nitrogen and oxygen atoms in total. The molecule has 1 aliphatic carbocycles. The van der Waals surface area contributed by atoms with Gasteiger partial charge in [0, 0.05) is 0 Å². The second-order valence-electron chi connectivity index (χ2n) is 3.42. The molecule has 0 spiro atoms. The van der Waals surface area contributed by atoms with Crippen LogP contribution in [0.25, 0.3) is 0 Å². The van der Waals surface area contributed by atoms with Crippen molar-refractivity contribution in [2.45, 2.75) is 12.8 Å². The van der Waals surface area contributed by atoms with Crippen molar-refractivity contribution < 1.29 is 19.4 Å². The molecule has 0 heterocycles. The Morgan fingerprint density at radius 3 is 2.59 bits per heavy atom. The van der Waals surface area contributed by atoms with E-state index in [9.17, 15) is 4.79 Å². The SMILES string of the molecule is C=CCOC1=CCCC(C(=O)O)=C1OCC=C. The summed E-state index contributed by atoms with van der Waals surface area (Å²) in [5.41, 5.74) is 0.244. The van der Waals surface area contributed by atoms with E-state index in [-0.39, 0.29) is 12.2 Å². The van der Waals surface area contributed by atoms with Crippen molar-refractivity contribution in [3.63, 3.8) is 0 Å². The van der Waals surface area contributed by atoms with Crippen LogP contribution in [0.5, 0.6) is 0 Å². The van der Waals surface area contributed by atoms with Gasteiger partial charge in [0.25, 0.3) is 0 Å². The average Bonchev–Trinajstić information content (AvgIpc) is 2.33. The Kier molecular flexibility index (Phi) is 5.07. The minimum atomic E-state index is -0.975. The highest BCUT2D eigenvalue weighted by Gasteiger charge is 2.23. The Balaban J connectivity index is 2.93. The van der Waals surface area contributed by atoms with Crippen LogP contribution in [0, 0.1) is 0 Å². The third-order valence-electron chi connectivity index (χ3n) is 2.18. The summed E-state index contributed by atoms with van der Waals surface area (Å²) in [6.45, 7) is 7.65. The molecule has 0 amide bonds. The van der Waals surface area contributed by atoms with Crippen LogP contribution < -0.4 is 0 Å². The van der Waals surface area contributed by atoms with Gasteiger partial charge in [-0.15, -0.1) is 0 Å². The summed E-state index contributed by atoms with van der Waals surface area (Å²) in [6.07, 6.45) is 6.07. The quantitative estimate of drug-likeness (QED) is 0.690. The summed E-state index contributed by atoms with van der Waals surface area (Å²) >= 11 is 0. The van der Waals surface area contributed by atoms with Crippen molar-refractivity contribution in [2.24, 2.45) is 0 Å². The third-order valence-corrected chi connectivity index (χ3v) is 2.18. The minimum Gasteiger partial charge on any atom is -0.486 e. The number of allylic oxidation sites excluding steroid dienone is 1. The Hall–Kier alpha value is -1.97. The van der Waals surface area contributed by atoms with Gasteiger partial charge in [0.1, 0.15) is 13.2 Å². The van der Waals surface area contributed by atoms with Gasteiger partial charge >= 0.3 is 5.97 Å². The summed E-state index contributed by atoms with van der Waals surface area (Å²) in [5.74, 6) is -0.210. The first-order valence-electron chi connectivity index (χ1n) is 5.35. The number of rotatable bonds is 7. The number of carboxylic acid groups (broad SMARTS) is 1. The highest BCUT2D eigenvalue weighted by molar-refractivity contribution is 5.88. The highest BCUT2D eigenvalue weighted by atomic mass is 16.5. The molecule has 4 heteroatoms. The number of hydrogen-bond acceptors (Lipinski definition) is 3. The summed E-state index contributed by atoms with van der Waals surface area (Å²) in [6, 6.07) is 0. The molecule has 1 N–H and O–H groups in total. The standard InChI is InChI=1S/C13H16O4/c1-3-8-16-11-7-5-6-10(13(14)15)12(11)17-9-4-2/h3-4,7H,1-2,5-6,8-9H2,(H,14,15). The number of hydrogen-bond donors (Lipinski definition) is 1. The van der Waals surface area contributed by atoms with Gasteiger partial charge in [-0.2, -0.15) is 0 Å². The first-order chi connectivity index (χ1) is 8.20. The topological polar surface area (TPSA) is 55.8 Å². The lowest BCUT2D eigenvalue weighted by atomic mass is 10.0. The summed E-state index contributed by atoms with van der Waals surface area (Å²) in [5, 5.41) is 9.08. The molecule has 0 fully saturated rings. The fourth-order valence-corrected chi connectivity index (χ4v) is 1.48. The predicted octanol–water partition coefficient (Wildman–Crippen LogP) is 2.41. The normalized spacial score (nSPS) is 14.9. The van der Waals surface area contributed by atoms with Gasteiger partial charge in [0.05, 0.1) is 5.57 Å². The van der Waals surface area contributed by atoms with E-state index in [0.29, 0.717) is 31.0 Å². The zero-order chi connectivity index (χ0) is 12.7. The van der Waals surface area contributed by atoms with Crippen molar-refractivity contribution >= 4 is 5.97 Å². The molecule has 1 rings (SSSR count). The molecule has 0 aromatic heterocycles. The zero-order valence-corrected chi connectivity index (χ0v) is 9.65. The van der Waals surface area contributed by atoms with E-state index in [2.05, 4.69) is 13.2 Å². The molecular weight excluding hydrogens is 220 g/mol. The maximum atomic E-state index is 11.1. The Morgan fingerprint density at radius 2 is 2.00 bits per heavy atom. The third kappa shape index (κ3) is 3.52. The van der Waals surface area contributed by atoms with Crippen LogP contribution in [0.1, 0.15) is 12.8 Å². The molecule has 0 bridgehead atoms. The molecule has 92 valence electrons. The summed E-state index contributed by atoms with van der Waals surface area (Å²) in [7, 11) is 0. The molecule has 1 aliphatic rings. The minimum absolute atomic E-state index is 0.244. The van der Waals surface area contributed by atoms with Crippen LogP contribution in [0.4, 0.5) is 0 Å². The molecule has 0 radical (unpaired) electrons. The van der Waals surface area contributed by atoms with Crippen LogP contribution in [0.3, 0.4) is 0 Å². The smallest absolute Gasteiger partial charge is 0.335 e. The molecule has 0 saturated heterocycles. The van der Waals surface area contributed by atoms with Gasteiger partial charge in [-0.1, -0.05) is 25.3 Å². The summed E-state index contributed by atoms with van der Waals surface area (Å²) in [4.78, 5) is 11.1.